The van der Waals surface area contributed by atoms with Crippen LogP contribution in [0.4, 0.5) is 5.69 Å². The quantitative estimate of drug-likeness (QED) is 0.581. The van der Waals surface area contributed by atoms with Gasteiger partial charge in [-0.05, 0) is 29.7 Å². The first-order chi connectivity index (χ1) is 13.9. The first-order valence-corrected chi connectivity index (χ1v) is 10.4. The van der Waals surface area contributed by atoms with Gasteiger partial charge in [0.2, 0.25) is 10.0 Å². The van der Waals surface area contributed by atoms with Crippen LogP contribution in [0.25, 0.3) is 10.8 Å². The summed E-state index contributed by atoms with van der Waals surface area (Å²) >= 11 is 0. The molecule has 0 saturated carbocycles. The van der Waals surface area contributed by atoms with Crippen LogP contribution < -0.4 is 10.0 Å². The highest BCUT2D eigenvalue weighted by atomic mass is 32.2. The second-order valence-corrected chi connectivity index (χ2v) is 7.95. The molecule has 0 bridgehead atoms. The number of benzene rings is 3. The van der Waals surface area contributed by atoms with E-state index in [0.29, 0.717) is 5.69 Å². The van der Waals surface area contributed by atoms with Gasteiger partial charge in [-0.2, -0.15) is 0 Å². The van der Waals surface area contributed by atoms with E-state index in [0.717, 1.165) is 10.8 Å². The molecule has 0 unspecified atom stereocenters. The molecule has 1 amide bonds. The summed E-state index contributed by atoms with van der Waals surface area (Å²) in [6.45, 7) is 1.39. The molecule has 0 fully saturated rings. The Labute approximate surface area is 168 Å². The largest absolute Gasteiger partial charge is 0.452 e. The van der Waals surface area contributed by atoms with Crippen LogP contribution in [0.5, 0.6) is 0 Å². The van der Waals surface area contributed by atoms with E-state index in [-0.39, 0.29) is 17.0 Å². The fourth-order valence-electron chi connectivity index (χ4n) is 2.80. The van der Waals surface area contributed by atoms with Crippen molar-refractivity contribution in [3.8, 4) is 0 Å². The lowest BCUT2D eigenvalue weighted by Gasteiger charge is -2.10. The number of carbonyl (C=O) groups is 2. The van der Waals surface area contributed by atoms with Crippen LogP contribution in [0, 0.1) is 0 Å². The summed E-state index contributed by atoms with van der Waals surface area (Å²) in [7, 11) is -3.70. The standard InChI is InChI=1S/C21H20N2O5S/c1-2-22-29(26,27)17-10-5-9-16(13-17)21(25)28-14-20(24)23-19-12-6-8-15-7-3-4-11-18(15)19/h3-13,22H,2,14H2,1H3,(H,23,24). The zero-order valence-electron chi connectivity index (χ0n) is 15.7. The summed E-state index contributed by atoms with van der Waals surface area (Å²) in [5, 5.41) is 4.57. The maximum atomic E-state index is 12.2. The Morgan fingerprint density at radius 3 is 2.48 bits per heavy atom. The van der Waals surface area contributed by atoms with Crippen LogP contribution in [-0.4, -0.2) is 33.4 Å². The number of nitrogens with one attached hydrogen (secondary N) is 2. The van der Waals surface area contributed by atoms with Gasteiger partial charge in [0.15, 0.2) is 6.61 Å². The highest BCUT2D eigenvalue weighted by Gasteiger charge is 2.17. The molecule has 0 aliphatic carbocycles. The molecule has 0 aromatic heterocycles. The predicted molar refractivity (Wildman–Crippen MR) is 110 cm³/mol. The van der Waals surface area contributed by atoms with Crippen molar-refractivity contribution in [2.45, 2.75) is 11.8 Å². The molecule has 0 spiro atoms. The molecule has 3 rings (SSSR count). The molecule has 3 aromatic carbocycles. The zero-order chi connectivity index (χ0) is 20.9. The van der Waals surface area contributed by atoms with Gasteiger partial charge in [0.05, 0.1) is 10.5 Å². The van der Waals surface area contributed by atoms with Crippen LogP contribution in [-0.2, 0) is 19.6 Å². The molecular weight excluding hydrogens is 392 g/mol. The van der Waals surface area contributed by atoms with E-state index >= 15 is 0 Å². The molecule has 8 heteroatoms. The second-order valence-electron chi connectivity index (χ2n) is 6.18. The summed E-state index contributed by atoms with van der Waals surface area (Å²) in [5.74, 6) is -1.28. The van der Waals surface area contributed by atoms with Crippen molar-refractivity contribution < 1.29 is 22.7 Å². The Morgan fingerprint density at radius 2 is 1.69 bits per heavy atom. The van der Waals surface area contributed by atoms with Gasteiger partial charge in [-0.3, -0.25) is 4.79 Å². The van der Waals surface area contributed by atoms with Gasteiger partial charge in [0, 0.05) is 17.6 Å². The van der Waals surface area contributed by atoms with Crippen molar-refractivity contribution >= 4 is 38.4 Å². The number of amides is 1. The van der Waals surface area contributed by atoms with E-state index in [1.54, 1.807) is 13.0 Å². The smallest absolute Gasteiger partial charge is 0.338 e. The Hall–Kier alpha value is -3.23. The number of hydrogen-bond acceptors (Lipinski definition) is 5. The van der Waals surface area contributed by atoms with Gasteiger partial charge < -0.3 is 10.1 Å². The maximum Gasteiger partial charge on any atom is 0.338 e. The van der Waals surface area contributed by atoms with E-state index in [2.05, 4.69) is 10.0 Å². The van der Waals surface area contributed by atoms with E-state index in [1.165, 1.54) is 24.3 Å². The van der Waals surface area contributed by atoms with Crippen LogP contribution in [0.15, 0.2) is 71.6 Å². The third-order valence-electron chi connectivity index (χ3n) is 4.11. The highest BCUT2D eigenvalue weighted by Crippen LogP contribution is 2.22. The minimum Gasteiger partial charge on any atom is -0.452 e. The fourth-order valence-corrected chi connectivity index (χ4v) is 3.89. The minimum atomic E-state index is -3.70. The third kappa shape index (κ3) is 4.98. The predicted octanol–water partition coefficient (Wildman–Crippen LogP) is 2.93. The number of esters is 1. The van der Waals surface area contributed by atoms with E-state index < -0.39 is 28.5 Å². The van der Waals surface area contributed by atoms with Gasteiger partial charge in [0.25, 0.3) is 5.91 Å². The Kier molecular flexibility index (Phi) is 6.26. The van der Waals surface area contributed by atoms with Crippen LogP contribution >= 0.6 is 0 Å². The molecule has 0 radical (unpaired) electrons. The summed E-state index contributed by atoms with van der Waals surface area (Å²) in [6.07, 6.45) is 0. The van der Waals surface area contributed by atoms with Gasteiger partial charge in [-0.15, -0.1) is 0 Å². The Bertz CT molecular complexity index is 1150. The zero-order valence-corrected chi connectivity index (χ0v) is 16.5. The molecule has 0 aliphatic rings. The number of carbonyl (C=O) groups excluding carboxylic acids is 2. The molecular formula is C21H20N2O5S. The van der Waals surface area contributed by atoms with Gasteiger partial charge in [-0.1, -0.05) is 49.4 Å². The summed E-state index contributed by atoms with van der Waals surface area (Å²) in [5.41, 5.74) is 0.657. The normalized spacial score (nSPS) is 11.2. The Balaban J connectivity index is 1.65. The lowest BCUT2D eigenvalue weighted by Crippen LogP contribution is -2.24. The monoisotopic (exact) mass is 412 g/mol. The van der Waals surface area contributed by atoms with Crippen molar-refractivity contribution in [3.05, 3.63) is 72.3 Å². The minimum absolute atomic E-state index is 0.0435. The van der Waals surface area contributed by atoms with Crippen LogP contribution in [0.1, 0.15) is 17.3 Å². The fraction of sp³-hybridized carbons (Fsp3) is 0.143. The van der Waals surface area contributed by atoms with E-state index in [1.807, 2.05) is 36.4 Å². The molecule has 0 aliphatic heterocycles. The maximum absolute atomic E-state index is 12.2. The van der Waals surface area contributed by atoms with E-state index in [4.69, 9.17) is 4.74 Å². The van der Waals surface area contributed by atoms with Gasteiger partial charge >= 0.3 is 5.97 Å². The average Bonchev–Trinajstić information content (AvgIpc) is 2.72. The molecule has 0 heterocycles. The SMILES string of the molecule is CCNS(=O)(=O)c1cccc(C(=O)OCC(=O)Nc2cccc3ccccc23)c1. The third-order valence-corrected chi connectivity index (χ3v) is 5.66. The molecule has 0 saturated heterocycles. The Morgan fingerprint density at radius 1 is 0.966 bits per heavy atom. The molecule has 0 atom stereocenters. The lowest BCUT2D eigenvalue weighted by molar-refractivity contribution is -0.119. The number of hydrogen-bond donors (Lipinski definition) is 2. The van der Waals surface area contributed by atoms with Gasteiger partial charge in [0.1, 0.15) is 0 Å². The molecule has 2 N–H and O–H groups in total. The van der Waals surface area contributed by atoms with Crippen LogP contribution in [0.2, 0.25) is 0 Å². The number of sulfonamides is 1. The van der Waals surface area contributed by atoms with Crippen molar-refractivity contribution in [2.24, 2.45) is 0 Å². The molecule has 29 heavy (non-hydrogen) atoms. The van der Waals surface area contributed by atoms with Gasteiger partial charge in [-0.25, -0.2) is 17.9 Å². The summed E-state index contributed by atoms with van der Waals surface area (Å²) in [4.78, 5) is 24.4. The van der Waals surface area contributed by atoms with Crippen molar-refractivity contribution in [1.29, 1.82) is 0 Å². The molecule has 7 nitrogen and oxygen atoms in total. The van der Waals surface area contributed by atoms with Crippen molar-refractivity contribution in [3.63, 3.8) is 0 Å². The number of ether oxygens (including phenoxy) is 1. The number of anilines is 1. The molecule has 150 valence electrons. The van der Waals surface area contributed by atoms with Crippen molar-refractivity contribution in [2.75, 3.05) is 18.5 Å². The molecule has 3 aromatic rings. The topological polar surface area (TPSA) is 102 Å². The summed E-state index contributed by atoms with van der Waals surface area (Å²) in [6, 6.07) is 18.5. The van der Waals surface area contributed by atoms with Crippen molar-refractivity contribution in [1.82, 2.24) is 4.72 Å². The number of rotatable bonds is 7. The first kappa shape index (κ1) is 20.5. The second kappa shape index (κ2) is 8.85. The lowest BCUT2D eigenvalue weighted by atomic mass is 10.1. The van der Waals surface area contributed by atoms with Crippen LogP contribution in [0.3, 0.4) is 0 Å². The number of fused-ring (bicyclic) bond motifs is 1. The average molecular weight is 412 g/mol. The van der Waals surface area contributed by atoms with E-state index in [9.17, 15) is 18.0 Å². The summed E-state index contributed by atoms with van der Waals surface area (Å²) < 4.78 is 31.5. The first-order valence-electron chi connectivity index (χ1n) is 8.95. The highest BCUT2D eigenvalue weighted by molar-refractivity contribution is 7.89.